The zero-order chi connectivity index (χ0) is 24.2. The van der Waals surface area contributed by atoms with Gasteiger partial charge in [-0.1, -0.05) is 108 Å². The van der Waals surface area contributed by atoms with Crippen molar-refractivity contribution in [2.45, 2.75) is 121 Å². The Morgan fingerprint density at radius 2 is 1.13 bits per heavy atom. The largest absolute Gasteiger partial charge is 0.379 e. The second-order valence-electron chi connectivity index (χ2n) is 11.9. The van der Waals surface area contributed by atoms with Crippen LogP contribution in [-0.2, 0) is 4.74 Å². The van der Waals surface area contributed by atoms with Gasteiger partial charge in [0, 0.05) is 19.6 Å². The SMILES string of the molecule is CC(C)CC(C)C.CC(C)CC1CCCC1.CC(C)CN1CCOCC1.CCC(C)C. The first-order valence-corrected chi connectivity index (χ1v) is 13.8. The van der Waals surface area contributed by atoms with E-state index in [2.05, 4.69) is 81.1 Å². The highest BCUT2D eigenvalue weighted by atomic mass is 16.5. The Hall–Kier alpha value is -0.0800. The van der Waals surface area contributed by atoms with Crippen molar-refractivity contribution in [1.29, 1.82) is 0 Å². The summed E-state index contributed by atoms with van der Waals surface area (Å²) in [5.74, 6) is 5.44. The molecule has 0 N–H and O–H groups in total. The van der Waals surface area contributed by atoms with Gasteiger partial charge in [-0.3, -0.25) is 4.90 Å². The Morgan fingerprint density at radius 3 is 1.42 bits per heavy atom. The Balaban J connectivity index is 0. The molecular weight excluding hydrogens is 378 g/mol. The number of rotatable bonds is 7. The van der Waals surface area contributed by atoms with E-state index >= 15 is 0 Å². The number of hydrogen-bond acceptors (Lipinski definition) is 2. The molecule has 1 aliphatic carbocycles. The molecule has 2 rings (SSSR count). The Morgan fingerprint density at radius 1 is 0.677 bits per heavy atom. The second-order valence-corrected chi connectivity index (χ2v) is 11.9. The summed E-state index contributed by atoms with van der Waals surface area (Å²) < 4.78 is 5.24. The molecule has 1 heterocycles. The minimum Gasteiger partial charge on any atom is -0.379 e. The molecule has 2 nitrogen and oxygen atoms in total. The van der Waals surface area contributed by atoms with Crippen molar-refractivity contribution in [3.05, 3.63) is 0 Å². The maximum absolute atomic E-state index is 5.24. The van der Waals surface area contributed by atoms with E-state index in [0.717, 1.165) is 61.8 Å². The van der Waals surface area contributed by atoms with Crippen molar-refractivity contribution >= 4 is 0 Å². The monoisotopic (exact) mass is 441 g/mol. The number of hydrogen-bond donors (Lipinski definition) is 0. The van der Waals surface area contributed by atoms with Crippen LogP contribution in [0, 0.1) is 35.5 Å². The molecule has 1 saturated heterocycles. The van der Waals surface area contributed by atoms with E-state index in [0.29, 0.717) is 0 Å². The van der Waals surface area contributed by atoms with Gasteiger partial charge in [0.25, 0.3) is 0 Å². The molecule has 0 aromatic carbocycles. The molecule has 31 heavy (non-hydrogen) atoms. The van der Waals surface area contributed by atoms with Gasteiger partial charge in [0.2, 0.25) is 0 Å². The van der Waals surface area contributed by atoms with Crippen LogP contribution < -0.4 is 0 Å². The minimum absolute atomic E-state index is 0.790. The summed E-state index contributed by atoms with van der Waals surface area (Å²) in [5.41, 5.74) is 0. The summed E-state index contributed by atoms with van der Waals surface area (Å²) in [5, 5.41) is 0. The highest BCUT2D eigenvalue weighted by molar-refractivity contribution is 4.68. The van der Waals surface area contributed by atoms with Crippen molar-refractivity contribution in [3.63, 3.8) is 0 Å². The van der Waals surface area contributed by atoms with Gasteiger partial charge in [-0.25, -0.2) is 0 Å². The van der Waals surface area contributed by atoms with Crippen molar-refractivity contribution in [2.75, 3.05) is 32.8 Å². The third kappa shape index (κ3) is 27.9. The van der Waals surface area contributed by atoms with Crippen LogP contribution in [0.3, 0.4) is 0 Å². The van der Waals surface area contributed by atoms with Gasteiger partial charge in [-0.05, 0) is 48.3 Å². The average Bonchev–Trinajstić information content (AvgIpc) is 3.14. The van der Waals surface area contributed by atoms with E-state index in [1.54, 1.807) is 0 Å². The molecule has 2 aliphatic rings. The molecule has 0 bridgehead atoms. The zero-order valence-electron chi connectivity index (χ0n) is 23.8. The molecule has 0 spiro atoms. The van der Waals surface area contributed by atoms with Crippen LogP contribution in [0.1, 0.15) is 121 Å². The summed E-state index contributed by atoms with van der Waals surface area (Å²) in [6.07, 6.45) is 10.2. The summed E-state index contributed by atoms with van der Waals surface area (Å²) in [7, 11) is 0. The van der Waals surface area contributed by atoms with Gasteiger partial charge in [0.05, 0.1) is 13.2 Å². The zero-order valence-corrected chi connectivity index (χ0v) is 23.8. The van der Waals surface area contributed by atoms with Crippen molar-refractivity contribution < 1.29 is 4.74 Å². The predicted molar refractivity (Wildman–Crippen MR) is 143 cm³/mol. The topological polar surface area (TPSA) is 12.5 Å². The van der Waals surface area contributed by atoms with Gasteiger partial charge in [0.15, 0.2) is 0 Å². The lowest BCUT2D eigenvalue weighted by molar-refractivity contribution is 0.0329. The fourth-order valence-corrected chi connectivity index (χ4v) is 4.16. The van der Waals surface area contributed by atoms with E-state index in [4.69, 9.17) is 4.74 Å². The first-order valence-electron chi connectivity index (χ1n) is 13.8. The Labute approximate surface area is 199 Å². The molecule has 0 aromatic heterocycles. The smallest absolute Gasteiger partial charge is 0.0594 e. The second kappa shape index (κ2) is 21.7. The molecule has 1 aliphatic heterocycles. The molecule has 2 fully saturated rings. The fraction of sp³-hybridized carbons (Fsp3) is 1.00. The molecule has 2 heteroatoms. The molecule has 1 saturated carbocycles. The van der Waals surface area contributed by atoms with E-state index < -0.39 is 0 Å². The predicted octanol–water partition coefficient (Wildman–Crippen LogP) is 8.94. The normalized spacial score (nSPS) is 17.4. The molecule has 190 valence electrons. The standard InChI is InChI=1S/C9H18.C8H17NO.C7H16.C5H12/c1-8(2)7-9-5-3-4-6-9;1-8(2)7-9-3-5-10-6-4-9;1-6(2)5-7(3)4;1-4-5(2)3/h8-9H,3-7H2,1-2H3;8H,3-7H2,1-2H3;6-7H,5H2,1-4H3;5H,4H2,1-3H3. The molecule has 0 aromatic rings. The van der Waals surface area contributed by atoms with E-state index in [9.17, 15) is 0 Å². The molecule has 0 unspecified atom stereocenters. The Bertz CT molecular complexity index is 331. The lowest BCUT2D eigenvalue weighted by atomic mass is 9.96. The Kier molecular flexibility index (Phi) is 23.2. The van der Waals surface area contributed by atoms with Crippen LogP contribution in [0.15, 0.2) is 0 Å². The first-order chi connectivity index (χ1) is 14.5. The van der Waals surface area contributed by atoms with Crippen molar-refractivity contribution in [1.82, 2.24) is 4.90 Å². The highest BCUT2D eigenvalue weighted by Gasteiger charge is 2.15. The third-order valence-corrected chi connectivity index (χ3v) is 5.77. The van der Waals surface area contributed by atoms with Crippen LogP contribution in [0.4, 0.5) is 0 Å². The third-order valence-electron chi connectivity index (χ3n) is 5.77. The quantitative estimate of drug-likeness (QED) is 0.391. The van der Waals surface area contributed by atoms with Gasteiger partial charge < -0.3 is 4.74 Å². The lowest BCUT2D eigenvalue weighted by Gasteiger charge is -2.27. The van der Waals surface area contributed by atoms with E-state index in [-0.39, 0.29) is 0 Å². The number of morpholine rings is 1. The number of ether oxygens (including phenoxy) is 1. The van der Waals surface area contributed by atoms with Gasteiger partial charge in [-0.15, -0.1) is 0 Å². The highest BCUT2D eigenvalue weighted by Crippen LogP contribution is 2.29. The summed E-state index contributed by atoms with van der Waals surface area (Å²) >= 11 is 0. The van der Waals surface area contributed by atoms with Gasteiger partial charge in [-0.2, -0.15) is 0 Å². The van der Waals surface area contributed by atoms with E-state index in [1.165, 1.54) is 51.5 Å². The van der Waals surface area contributed by atoms with Gasteiger partial charge in [0.1, 0.15) is 0 Å². The summed E-state index contributed by atoms with van der Waals surface area (Å²) in [6.45, 7) is 30.2. The van der Waals surface area contributed by atoms with Crippen LogP contribution in [0.2, 0.25) is 0 Å². The van der Waals surface area contributed by atoms with Crippen LogP contribution in [0.5, 0.6) is 0 Å². The van der Waals surface area contributed by atoms with Crippen LogP contribution >= 0.6 is 0 Å². The average molecular weight is 442 g/mol. The van der Waals surface area contributed by atoms with Crippen LogP contribution in [-0.4, -0.2) is 37.7 Å². The summed E-state index contributed by atoms with van der Waals surface area (Å²) in [6, 6.07) is 0. The maximum atomic E-state index is 5.24. The van der Waals surface area contributed by atoms with E-state index in [1.807, 2.05) is 0 Å². The van der Waals surface area contributed by atoms with Gasteiger partial charge >= 0.3 is 0 Å². The van der Waals surface area contributed by atoms with Crippen molar-refractivity contribution in [3.8, 4) is 0 Å². The summed E-state index contributed by atoms with van der Waals surface area (Å²) in [4.78, 5) is 2.47. The molecule has 0 radical (unpaired) electrons. The molecule has 0 atom stereocenters. The number of nitrogens with zero attached hydrogens (tertiary/aromatic N) is 1. The first kappa shape index (κ1) is 33.1. The molecular formula is C29H63NO. The van der Waals surface area contributed by atoms with Crippen molar-refractivity contribution in [2.24, 2.45) is 35.5 Å². The minimum atomic E-state index is 0.790. The maximum Gasteiger partial charge on any atom is 0.0594 e. The lowest BCUT2D eigenvalue weighted by Crippen LogP contribution is -2.38. The molecule has 0 amide bonds. The van der Waals surface area contributed by atoms with Crippen LogP contribution in [0.25, 0.3) is 0 Å². The fourth-order valence-electron chi connectivity index (χ4n) is 4.16.